The summed E-state index contributed by atoms with van der Waals surface area (Å²) >= 11 is 0. The van der Waals surface area contributed by atoms with Crippen LogP contribution in [0.4, 0.5) is 18.9 Å². The maximum absolute atomic E-state index is 14.1. The zero-order valence-electron chi connectivity index (χ0n) is 13.4. The Kier molecular flexibility index (Phi) is 4.83. The molecule has 0 radical (unpaired) electrons. The third-order valence-corrected chi connectivity index (χ3v) is 3.73. The van der Waals surface area contributed by atoms with Crippen LogP contribution in [0.1, 0.15) is 39.2 Å². The number of alkyl halides is 2. The summed E-state index contributed by atoms with van der Waals surface area (Å²) in [5, 5.41) is 0. The second kappa shape index (κ2) is 6.31. The smallest absolute Gasteiger partial charge is 0.266 e. The van der Waals surface area contributed by atoms with Gasteiger partial charge in [0, 0.05) is 31.3 Å². The lowest BCUT2D eigenvalue weighted by atomic mass is 9.92. The highest BCUT2D eigenvalue weighted by molar-refractivity contribution is 5.88. The SMILES string of the molecule is CC(C)(C)CC/N=C\c1cccc(F)c1N1CCC(F)(F)C1. The van der Waals surface area contributed by atoms with Crippen molar-refractivity contribution in [2.45, 2.75) is 39.5 Å². The van der Waals surface area contributed by atoms with Gasteiger partial charge < -0.3 is 4.90 Å². The van der Waals surface area contributed by atoms with Crippen LogP contribution in [0, 0.1) is 11.2 Å². The molecule has 122 valence electrons. The summed E-state index contributed by atoms with van der Waals surface area (Å²) in [4.78, 5) is 5.75. The number of aliphatic imine (C=N–C) groups is 1. The predicted octanol–water partition coefficient (Wildman–Crippen LogP) is 4.53. The van der Waals surface area contributed by atoms with Crippen LogP contribution in [-0.2, 0) is 0 Å². The Morgan fingerprint density at radius 2 is 2.05 bits per heavy atom. The molecule has 1 aliphatic rings. The van der Waals surface area contributed by atoms with Crippen LogP contribution in [0.3, 0.4) is 0 Å². The molecule has 0 bridgehead atoms. The third kappa shape index (κ3) is 4.49. The van der Waals surface area contributed by atoms with Gasteiger partial charge in [-0.1, -0.05) is 32.9 Å². The highest BCUT2D eigenvalue weighted by Gasteiger charge is 2.39. The second-order valence-electron chi connectivity index (χ2n) is 7.05. The van der Waals surface area contributed by atoms with E-state index in [1.165, 1.54) is 11.0 Å². The number of para-hydroxylation sites is 1. The fourth-order valence-electron chi connectivity index (χ4n) is 2.46. The molecule has 1 fully saturated rings. The van der Waals surface area contributed by atoms with Crippen LogP contribution in [0.15, 0.2) is 23.2 Å². The molecule has 2 nitrogen and oxygen atoms in total. The van der Waals surface area contributed by atoms with E-state index in [-0.39, 0.29) is 24.1 Å². The summed E-state index contributed by atoms with van der Waals surface area (Å²) in [6.45, 7) is 6.75. The van der Waals surface area contributed by atoms with Gasteiger partial charge >= 0.3 is 0 Å². The van der Waals surface area contributed by atoms with E-state index in [9.17, 15) is 13.2 Å². The van der Waals surface area contributed by atoms with Gasteiger partial charge in [-0.15, -0.1) is 0 Å². The Morgan fingerprint density at radius 1 is 1.32 bits per heavy atom. The van der Waals surface area contributed by atoms with Crippen LogP contribution in [0.5, 0.6) is 0 Å². The van der Waals surface area contributed by atoms with Gasteiger partial charge in [0.15, 0.2) is 0 Å². The van der Waals surface area contributed by atoms with Gasteiger partial charge in [-0.05, 0) is 17.9 Å². The molecule has 5 heteroatoms. The highest BCUT2D eigenvalue weighted by atomic mass is 19.3. The molecular formula is C17H23F3N2. The molecule has 0 aliphatic carbocycles. The molecule has 2 rings (SSSR count). The maximum atomic E-state index is 14.1. The Labute approximate surface area is 130 Å². The molecule has 0 atom stereocenters. The molecule has 1 saturated heterocycles. The van der Waals surface area contributed by atoms with Crippen molar-refractivity contribution in [1.82, 2.24) is 0 Å². The van der Waals surface area contributed by atoms with Crippen molar-refractivity contribution in [3.8, 4) is 0 Å². The zero-order chi connectivity index (χ0) is 16.4. The Morgan fingerprint density at radius 3 is 2.64 bits per heavy atom. The van der Waals surface area contributed by atoms with Crippen LogP contribution in [0.2, 0.25) is 0 Å². The Bertz CT molecular complexity index is 547. The molecule has 0 saturated carbocycles. The Hall–Kier alpha value is -1.52. The van der Waals surface area contributed by atoms with Crippen LogP contribution in [-0.4, -0.2) is 31.8 Å². The van der Waals surface area contributed by atoms with Crippen molar-refractivity contribution in [2.75, 3.05) is 24.5 Å². The number of hydrogen-bond acceptors (Lipinski definition) is 2. The van der Waals surface area contributed by atoms with Crippen molar-refractivity contribution in [3.05, 3.63) is 29.6 Å². The molecule has 0 N–H and O–H groups in total. The summed E-state index contributed by atoms with van der Waals surface area (Å²) in [5.41, 5.74) is 0.977. The molecule has 1 heterocycles. The van der Waals surface area contributed by atoms with Crippen molar-refractivity contribution < 1.29 is 13.2 Å². The first-order valence-corrected chi connectivity index (χ1v) is 7.59. The number of nitrogens with zero attached hydrogens (tertiary/aromatic N) is 2. The van der Waals surface area contributed by atoms with Gasteiger partial charge in [0.2, 0.25) is 0 Å². The van der Waals surface area contributed by atoms with Crippen LogP contribution < -0.4 is 4.90 Å². The van der Waals surface area contributed by atoms with Gasteiger partial charge in [0.1, 0.15) is 5.82 Å². The van der Waals surface area contributed by atoms with E-state index in [4.69, 9.17) is 0 Å². The van der Waals surface area contributed by atoms with Gasteiger partial charge in [-0.3, -0.25) is 4.99 Å². The maximum Gasteiger partial charge on any atom is 0.266 e. The average molecular weight is 312 g/mol. The van der Waals surface area contributed by atoms with Crippen LogP contribution >= 0.6 is 0 Å². The topological polar surface area (TPSA) is 15.6 Å². The van der Waals surface area contributed by atoms with Crippen molar-refractivity contribution in [2.24, 2.45) is 10.4 Å². The van der Waals surface area contributed by atoms with E-state index in [1.807, 2.05) is 0 Å². The first-order chi connectivity index (χ1) is 10.2. The lowest BCUT2D eigenvalue weighted by Gasteiger charge is -2.21. The third-order valence-electron chi connectivity index (χ3n) is 3.73. The largest absolute Gasteiger partial charge is 0.362 e. The highest BCUT2D eigenvalue weighted by Crippen LogP contribution is 2.33. The number of hydrogen-bond donors (Lipinski definition) is 0. The normalized spacial score (nSPS) is 18.4. The number of halogens is 3. The standard InChI is InChI=1S/C17H23F3N2/c1-16(2,3)7-9-21-11-13-5-4-6-14(18)15(13)22-10-8-17(19,20)12-22/h4-6,11H,7-10,12H2,1-3H3/b21-11-. The predicted molar refractivity (Wildman–Crippen MR) is 84.7 cm³/mol. The van der Waals surface area contributed by atoms with E-state index < -0.39 is 18.3 Å². The lowest BCUT2D eigenvalue weighted by Crippen LogP contribution is -2.26. The quantitative estimate of drug-likeness (QED) is 0.746. The van der Waals surface area contributed by atoms with Gasteiger partial charge in [-0.2, -0.15) is 0 Å². The first-order valence-electron chi connectivity index (χ1n) is 7.59. The minimum absolute atomic E-state index is 0.163. The van der Waals surface area contributed by atoms with Crippen molar-refractivity contribution >= 4 is 11.9 Å². The summed E-state index contributed by atoms with van der Waals surface area (Å²) in [7, 11) is 0. The molecule has 0 amide bonds. The fourth-order valence-corrected chi connectivity index (χ4v) is 2.46. The molecule has 0 aromatic heterocycles. The summed E-state index contributed by atoms with van der Waals surface area (Å²) in [5.74, 6) is -3.22. The second-order valence-corrected chi connectivity index (χ2v) is 7.05. The molecule has 22 heavy (non-hydrogen) atoms. The average Bonchev–Trinajstić information content (AvgIpc) is 2.73. The van der Waals surface area contributed by atoms with Gasteiger partial charge in [-0.25, -0.2) is 13.2 Å². The zero-order valence-corrected chi connectivity index (χ0v) is 13.4. The van der Waals surface area contributed by atoms with Crippen LogP contribution in [0.25, 0.3) is 0 Å². The number of benzene rings is 1. The summed E-state index contributed by atoms with van der Waals surface area (Å²) < 4.78 is 40.9. The summed E-state index contributed by atoms with van der Waals surface area (Å²) in [6.07, 6.45) is 2.28. The molecule has 0 unspecified atom stereocenters. The van der Waals surface area contributed by atoms with E-state index in [0.29, 0.717) is 12.1 Å². The van der Waals surface area contributed by atoms with Gasteiger partial charge in [0.05, 0.1) is 12.2 Å². The minimum Gasteiger partial charge on any atom is -0.362 e. The number of anilines is 1. The molecule has 1 aromatic rings. The molecular weight excluding hydrogens is 289 g/mol. The molecule has 1 aromatic carbocycles. The van der Waals surface area contributed by atoms with Crippen molar-refractivity contribution in [1.29, 1.82) is 0 Å². The summed E-state index contributed by atoms with van der Waals surface area (Å²) in [6, 6.07) is 4.60. The number of rotatable bonds is 4. The van der Waals surface area contributed by atoms with Gasteiger partial charge in [0.25, 0.3) is 5.92 Å². The molecule has 0 spiro atoms. The van der Waals surface area contributed by atoms with Crippen molar-refractivity contribution in [3.63, 3.8) is 0 Å². The first kappa shape index (κ1) is 16.8. The molecule has 1 aliphatic heterocycles. The Balaban J connectivity index is 2.15. The lowest BCUT2D eigenvalue weighted by molar-refractivity contribution is 0.0257. The van der Waals surface area contributed by atoms with E-state index in [1.54, 1.807) is 18.3 Å². The van der Waals surface area contributed by atoms with E-state index >= 15 is 0 Å². The monoisotopic (exact) mass is 312 g/mol. The minimum atomic E-state index is -2.75. The van der Waals surface area contributed by atoms with E-state index in [2.05, 4.69) is 25.8 Å². The fraction of sp³-hybridized carbons (Fsp3) is 0.588. The van der Waals surface area contributed by atoms with E-state index in [0.717, 1.165) is 6.42 Å².